The van der Waals surface area contributed by atoms with Crippen LogP contribution < -0.4 is 9.64 Å². The van der Waals surface area contributed by atoms with Gasteiger partial charge in [0.1, 0.15) is 17.5 Å². The lowest BCUT2D eigenvalue weighted by Gasteiger charge is -2.11. The third-order valence-corrected chi connectivity index (χ3v) is 3.08. The normalized spacial score (nSPS) is 10.9. The molecule has 0 amide bonds. The molecular weight excluding hydrogens is 262 g/mol. The quantitative estimate of drug-likeness (QED) is 0.806. The monoisotopic (exact) mass is 279 g/mol. The minimum Gasteiger partial charge on any atom is -0.497 e. The Bertz CT molecular complexity index is 665. The maximum Gasteiger partial charge on any atom is 0.148 e. The standard InChI is InChI=1S/C17H17N3O/c1-20(2)15-8-6-14(7-9-15)19-17(12-18)13-4-10-16(21-3)11-5-13/h4-11H,1-3H3. The van der Waals surface area contributed by atoms with Crippen LogP contribution in [-0.4, -0.2) is 26.9 Å². The van der Waals surface area contributed by atoms with Crippen molar-refractivity contribution in [2.75, 3.05) is 26.1 Å². The van der Waals surface area contributed by atoms with Crippen LogP contribution in [0.15, 0.2) is 53.5 Å². The molecule has 106 valence electrons. The number of ether oxygens (including phenoxy) is 1. The lowest BCUT2D eigenvalue weighted by atomic mass is 10.1. The van der Waals surface area contributed by atoms with Gasteiger partial charge in [0.05, 0.1) is 12.8 Å². The highest BCUT2D eigenvalue weighted by atomic mass is 16.5. The zero-order valence-corrected chi connectivity index (χ0v) is 12.4. The Morgan fingerprint density at radius 1 is 1.05 bits per heavy atom. The van der Waals surface area contributed by atoms with E-state index >= 15 is 0 Å². The second kappa shape index (κ2) is 6.58. The molecule has 4 heteroatoms. The molecule has 0 aromatic heterocycles. The Kier molecular flexibility index (Phi) is 4.57. The summed E-state index contributed by atoms with van der Waals surface area (Å²) in [6.07, 6.45) is 0. The lowest BCUT2D eigenvalue weighted by molar-refractivity contribution is 0.415. The summed E-state index contributed by atoms with van der Waals surface area (Å²) in [5.41, 5.74) is 3.01. The maximum atomic E-state index is 9.29. The van der Waals surface area contributed by atoms with Gasteiger partial charge in [-0.15, -0.1) is 0 Å². The Balaban J connectivity index is 2.29. The fraction of sp³-hybridized carbons (Fsp3) is 0.176. The van der Waals surface area contributed by atoms with E-state index in [1.54, 1.807) is 7.11 Å². The minimum atomic E-state index is 0.384. The fourth-order valence-corrected chi connectivity index (χ4v) is 1.86. The first-order chi connectivity index (χ1) is 10.1. The van der Waals surface area contributed by atoms with Gasteiger partial charge in [-0.2, -0.15) is 5.26 Å². The summed E-state index contributed by atoms with van der Waals surface area (Å²) < 4.78 is 5.11. The van der Waals surface area contributed by atoms with Crippen LogP contribution in [0.2, 0.25) is 0 Å². The van der Waals surface area contributed by atoms with E-state index in [-0.39, 0.29) is 0 Å². The average Bonchev–Trinajstić information content (AvgIpc) is 2.53. The van der Waals surface area contributed by atoms with Crippen molar-refractivity contribution in [1.29, 1.82) is 5.26 Å². The molecule has 0 heterocycles. The third-order valence-electron chi connectivity index (χ3n) is 3.08. The number of rotatable bonds is 4. The number of hydrogen-bond donors (Lipinski definition) is 0. The van der Waals surface area contributed by atoms with E-state index in [0.717, 1.165) is 22.7 Å². The second-order valence-electron chi connectivity index (χ2n) is 4.71. The summed E-state index contributed by atoms with van der Waals surface area (Å²) >= 11 is 0. The fourth-order valence-electron chi connectivity index (χ4n) is 1.86. The van der Waals surface area contributed by atoms with Gasteiger partial charge in [0.15, 0.2) is 0 Å². The lowest BCUT2D eigenvalue weighted by Crippen LogP contribution is -2.07. The van der Waals surface area contributed by atoms with Crippen LogP contribution in [0.1, 0.15) is 5.56 Å². The van der Waals surface area contributed by atoms with Gasteiger partial charge in [-0.1, -0.05) is 0 Å². The summed E-state index contributed by atoms with van der Waals surface area (Å²) in [6, 6.07) is 17.2. The van der Waals surface area contributed by atoms with Crippen molar-refractivity contribution in [3.63, 3.8) is 0 Å². The van der Waals surface area contributed by atoms with Gasteiger partial charge in [-0.25, -0.2) is 4.99 Å². The molecule has 0 radical (unpaired) electrons. The predicted molar refractivity (Wildman–Crippen MR) is 85.6 cm³/mol. The molecule has 0 spiro atoms. The molecule has 0 fully saturated rings. The van der Waals surface area contributed by atoms with Gasteiger partial charge in [-0.05, 0) is 48.5 Å². The summed E-state index contributed by atoms with van der Waals surface area (Å²) in [7, 11) is 5.58. The highest BCUT2D eigenvalue weighted by Gasteiger charge is 2.04. The number of benzene rings is 2. The molecule has 0 saturated heterocycles. The second-order valence-corrected chi connectivity index (χ2v) is 4.71. The van der Waals surface area contributed by atoms with Crippen LogP contribution in [0, 0.1) is 11.3 Å². The van der Waals surface area contributed by atoms with Crippen LogP contribution in [0.4, 0.5) is 11.4 Å². The van der Waals surface area contributed by atoms with Gasteiger partial charge in [0.2, 0.25) is 0 Å². The zero-order chi connectivity index (χ0) is 15.2. The maximum absolute atomic E-state index is 9.29. The zero-order valence-electron chi connectivity index (χ0n) is 12.4. The van der Waals surface area contributed by atoms with Gasteiger partial charge in [0, 0.05) is 25.3 Å². The first-order valence-electron chi connectivity index (χ1n) is 6.54. The molecule has 0 bridgehead atoms. The van der Waals surface area contributed by atoms with E-state index in [4.69, 9.17) is 4.74 Å². The number of anilines is 1. The molecule has 0 N–H and O–H groups in total. The van der Waals surface area contributed by atoms with Crippen molar-refractivity contribution in [2.24, 2.45) is 4.99 Å². The highest BCUT2D eigenvalue weighted by molar-refractivity contribution is 6.12. The van der Waals surface area contributed by atoms with E-state index in [1.165, 1.54) is 0 Å². The third kappa shape index (κ3) is 3.61. The van der Waals surface area contributed by atoms with Crippen molar-refractivity contribution in [2.45, 2.75) is 0 Å². The Morgan fingerprint density at radius 2 is 1.67 bits per heavy atom. The molecule has 2 aromatic rings. The summed E-state index contributed by atoms with van der Waals surface area (Å²) in [5.74, 6) is 0.756. The summed E-state index contributed by atoms with van der Waals surface area (Å²) in [4.78, 5) is 6.42. The van der Waals surface area contributed by atoms with E-state index in [9.17, 15) is 5.26 Å². The van der Waals surface area contributed by atoms with Gasteiger partial charge >= 0.3 is 0 Å². The number of aliphatic imine (C=N–C) groups is 1. The molecule has 4 nitrogen and oxygen atoms in total. The number of methoxy groups -OCH3 is 1. The first kappa shape index (κ1) is 14.6. The number of hydrogen-bond acceptors (Lipinski definition) is 4. The van der Waals surface area contributed by atoms with E-state index in [2.05, 4.69) is 11.1 Å². The SMILES string of the molecule is COc1ccc(C(C#N)=Nc2ccc(N(C)C)cc2)cc1. The predicted octanol–water partition coefficient (Wildman–Crippen LogP) is 3.41. The van der Waals surface area contributed by atoms with Gasteiger partial charge in [-0.3, -0.25) is 0 Å². The van der Waals surface area contributed by atoms with E-state index < -0.39 is 0 Å². The van der Waals surface area contributed by atoms with Crippen molar-refractivity contribution in [3.8, 4) is 11.8 Å². The first-order valence-corrected chi connectivity index (χ1v) is 6.54. The smallest absolute Gasteiger partial charge is 0.148 e. The largest absolute Gasteiger partial charge is 0.497 e. The van der Waals surface area contributed by atoms with Gasteiger partial charge in [0.25, 0.3) is 0 Å². The van der Waals surface area contributed by atoms with Crippen LogP contribution in [0.25, 0.3) is 0 Å². The average molecular weight is 279 g/mol. The van der Waals surface area contributed by atoms with Gasteiger partial charge < -0.3 is 9.64 Å². The topological polar surface area (TPSA) is 48.6 Å². The van der Waals surface area contributed by atoms with Crippen LogP contribution in [0.3, 0.4) is 0 Å². The summed E-state index contributed by atoms with van der Waals surface area (Å²) in [5, 5.41) is 9.29. The van der Waals surface area contributed by atoms with Crippen molar-refractivity contribution >= 4 is 17.1 Å². The Hall–Kier alpha value is -2.80. The van der Waals surface area contributed by atoms with E-state index in [0.29, 0.717) is 5.71 Å². The molecule has 0 unspecified atom stereocenters. The van der Waals surface area contributed by atoms with Crippen molar-refractivity contribution < 1.29 is 4.74 Å². The minimum absolute atomic E-state index is 0.384. The summed E-state index contributed by atoms with van der Waals surface area (Å²) in [6.45, 7) is 0. The van der Waals surface area contributed by atoms with Crippen molar-refractivity contribution in [1.82, 2.24) is 0 Å². The molecule has 21 heavy (non-hydrogen) atoms. The molecule has 2 aromatic carbocycles. The molecule has 2 rings (SSSR count). The molecule has 0 aliphatic rings. The molecule has 0 aliphatic heterocycles. The molecule has 0 atom stereocenters. The number of nitriles is 1. The Labute approximate surface area is 124 Å². The van der Waals surface area contributed by atoms with E-state index in [1.807, 2.05) is 67.5 Å². The van der Waals surface area contributed by atoms with Crippen LogP contribution in [-0.2, 0) is 0 Å². The van der Waals surface area contributed by atoms with Crippen LogP contribution >= 0.6 is 0 Å². The Morgan fingerprint density at radius 3 is 2.14 bits per heavy atom. The molecular formula is C17H17N3O. The van der Waals surface area contributed by atoms with Crippen molar-refractivity contribution in [3.05, 3.63) is 54.1 Å². The van der Waals surface area contributed by atoms with Crippen LogP contribution in [0.5, 0.6) is 5.75 Å². The molecule has 0 saturated carbocycles. The molecule has 0 aliphatic carbocycles. The number of nitrogens with zero attached hydrogens (tertiary/aromatic N) is 3. The highest BCUT2D eigenvalue weighted by Crippen LogP contribution is 2.20.